The van der Waals surface area contributed by atoms with Crippen molar-refractivity contribution in [3.05, 3.63) is 59.4 Å². The maximum Gasteiger partial charge on any atom is 0.326 e. The normalized spacial score (nSPS) is 22.1. The van der Waals surface area contributed by atoms with Crippen LogP contribution in [-0.4, -0.2) is 94.3 Å². The lowest BCUT2D eigenvalue weighted by molar-refractivity contribution is -0.141. The Morgan fingerprint density at radius 1 is 0.981 bits per heavy atom. The Balaban J connectivity index is 0.886. The Bertz CT molecular complexity index is 2160. The maximum absolute atomic E-state index is 15.5. The number of rotatable bonds is 9. The Kier molecular flexibility index (Phi) is 10.2. The van der Waals surface area contributed by atoms with E-state index in [0.717, 1.165) is 29.7 Å². The van der Waals surface area contributed by atoms with E-state index in [-0.39, 0.29) is 66.8 Å². The summed E-state index contributed by atoms with van der Waals surface area (Å²) in [6.07, 6.45) is 3.49. The van der Waals surface area contributed by atoms with Crippen LogP contribution in [0.1, 0.15) is 49.1 Å². The van der Waals surface area contributed by atoms with Crippen LogP contribution in [0.2, 0.25) is 0 Å². The largest absolute Gasteiger partial charge is 0.506 e. The van der Waals surface area contributed by atoms with Gasteiger partial charge in [-0.05, 0) is 91.9 Å². The third-order valence-corrected chi connectivity index (χ3v) is 12.2. The number of halogens is 1. The summed E-state index contributed by atoms with van der Waals surface area (Å²) in [5.74, 6) is -3.94. The number of imide groups is 1. The molecule has 4 heterocycles. The van der Waals surface area contributed by atoms with Gasteiger partial charge in [0, 0.05) is 24.5 Å². The Hall–Kier alpha value is -5.29. The van der Waals surface area contributed by atoms with E-state index in [1.54, 1.807) is 22.7 Å². The Morgan fingerprint density at radius 3 is 2.46 bits per heavy atom. The predicted molar refractivity (Wildman–Crippen MR) is 194 cm³/mol. The van der Waals surface area contributed by atoms with Gasteiger partial charge in [0.05, 0.1) is 24.9 Å². The molecule has 0 aliphatic carbocycles. The van der Waals surface area contributed by atoms with Crippen molar-refractivity contribution in [3.63, 3.8) is 0 Å². The minimum absolute atomic E-state index is 0.0212. The van der Waals surface area contributed by atoms with Crippen molar-refractivity contribution in [2.45, 2.75) is 44.4 Å². The molecule has 286 valence electrons. The highest BCUT2D eigenvalue weighted by Gasteiger charge is 2.41. The van der Waals surface area contributed by atoms with Crippen molar-refractivity contribution >= 4 is 61.9 Å². The van der Waals surface area contributed by atoms with Gasteiger partial charge in [0.25, 0.3) is 5.91 Å². The van der Waals surface area contributed by atoms with Gasteiger partial charge in [-0.2, -0.15) is 8.42 Å². The first kappa shape index (κ1) is 37.0. The zero-order valence-electron chi connectivity index (χ0n) is 29.6. The summed E-state index contributed by atoms with van der Waals surface area (Å²) in [4.78, 5) is 65.9. The zero-order valence-corrected chi connectivity index (χ0v) is 30.4. The first-order valence-corrected chi connectivity index (χ1v) is 19.4. The van der Waals surface area contributed by atoms with Gasteiger partial charge < -0.3 is 20.1 Å². The summed E-state index contributed by atoms with van der Waals surface area (Å²) in [5.41, 5.74) is 2.39. The summed E-state index contributed by atoms with van der Waals surface area (Å²) in [5, 5.41) is 15.9. The molecule has 3 aromatic carbocycles. The molecule has 0 unspecified atom stereocenters. The second kappa shape index (κ2) is 14.9. The number of fused-ring (bicyclic) bond motifs is 2. The monoisotopic (exact) mass is 764 g/mol. The van der Waals surface area contributed by atoms with Crippen molar-refractivity contribution in [3.8, 4) is 11.5 Å². The van der Waals surface area contributed by atoms with Gasteiger partial charge in [-0.25, -0.2) is 13.4 Å². The third-order valence-electron chi connectivity index (χ3n) is 10.8. The number of ether oxygens (including phenoxy) is 1. The number of nitrogens with zero attached hydrogens (tertiary/aromatic N) is 3. The third kappa shape index (κ3) is 7.42. The number of nitrogens with one attached hydrogen (secondary N) is 3. The summed E-state index contributed by atoms with van der Waals surface area (Å²) >= 11 is 0. The molecule has 2 atom stereocenters. The molecule has 15 nitrogen and oxygen atoms in total. The number of aromatic hydroxyl groups is 1. The van der Waals surface area contributed by atoms with Crippen LogP contribution in [0.15, 0.2) is 42.5 Å². The number of carbonyl (C=O) groups is 5. The number of phenolic OH excluding ortho intramolecular Hbond substituents is 1. The standard InChI is InChI=1S/C37H41FN6O9S/c1-42-29-16-23(3-2-22(29)5-7-27(37(42)50)26-8-9-31(46)40-36(26)49)21-10-13-43(14-11-21)19-32(47)39-12-15-53-25-6-4-24-17-30(45)35(34(38)28(24)18-25)44-20-33(48)41-54(44,51)52/h2-4,6,16-18,21,26-27,45H,5,7-15,19-20H2,1H3,(H,39,47)(H,41,48)(H,40,46,49)/t26-,27-/m0/s1. The topological polar surface area (TPSA) is 195 Å². The number of benzene rings is 3. The summed E-state index contributed by atoms with van der Waals surface area (Å²) in [6, 6.07) is 11.9. The fourth-order valence-electron chi connectivity index (χ4n) is 7.95. The highest BCUT2D eigenvalue weighted by molar-refractivity contribution is 7.92. The molecule has 4 aliphatic heterocycles. The summed E-state index contributed by atoms with van der Waals surface area (Å²) in [6.45, 7) is 1.22. The molecule has 5 amide bonds. The smallest absolute Gasteiger partial charge is 0.326 e. The van der Waals surface area contributed by atoms with Crippen LogP contribution >= 0.6 is 0 Å². The van der Waals surface area contributed by atoms with E-state index in [4.69, 9.17) is 4.74 Å². The van der Waals surface area contributed by atoms with Crippen molar-refractivity contribution in [1.82, 2.24) is 20.3 Å². The van der Waals surface area contributed by atoms with Crippen LogP contribution < -0.4 is 29.3 Å². The number of hydrogen-bond donors (Lipinski definition) is 4. The van der Waals surface area contributed by atoms with Crippen LogP contribution in [0.5, 0.6) is 11.5 Å². The fraction of sp³-hybridized carbons (Fsp3) is 0.432. The molecule has 3 aromatic rings. The number of phenols is 1. The molecule has 3 fully saturated rings. The Morgan fingerprint density at radius 2 is 1.74 bits per heavy atom. The number of amides is 5. The van der Waals surface area contributed by atoms with Crippen molar-refractivity contribution in [1.29, 1.82) is 0 Å². The number of hydrogen-bond acceptors (Lipinski definition) is 10. The van der Waals surface area contributed by atoms with Crippen LogP contribution in [0, 0.1) is 17.7 Å². The lowest BCUT2D eigenvalue weighted by Gasteiger charge is -2.32. The molecule has 3 saturated heterocycles. The molecule has 54 heavy (non-hydrogen) atoms. The van der Waals surface area contributed by atoms with E-state index in [2.05, 4.69) is 33.7 Å². The van der Waals surface area contributed by atoms with E-state index in [0.29, 0.717) is 42.0 Å². The van der Waals surface area contributed by atoms with E-state index >= 15 is 4.39 Å². The summed E-state index contributed by atoms with van der Waals surface area (Å²) < 4.78 is 48.0. The lowest BCUT2D eigenvalue weighted by atomic mass is 9.81. The number of likely N-dealkylation sites (tertiary alicyclic amines) is 1. The minimum atomic E-state index is -4.35. The van der Waals surface area contributed by atoms with Crippen molar-refractivity contribution in [2.24, 2.45) is 11.8 Å². The molecule has 7 rings (SSSR count). The number of piperidine rings is 2. The molecule has 4 aliphatic rings. The van der Waals surface area contributed by atoms with Gasteiger partial charge in [-0.1, -0.05) is 18.2 Å². The average Bonchev–Trinajstić information content (AvgIpc) is 3.34. The molecule has 0 spiro atoms. The van der Waals surface area contributed by atoms with Crippen LogP contribution in [0.4, 0.5) is 15.8 Å². The molecular weight excluding hydrogens is 724 g/mol. The van der Waals surface area contributed by atoms with E-state index in [1.165, 1.54) is 18.2 Å². The SMILES string of the molecule is CN1C(=O)[C@H]([C@@H]2CCC(=O)NC2=O)CCc2ccc(C3CCN(CC(=O)NCCOc4ccc5cc(O)c(N6CC(=O)NS6(=O)=O)c(F)c5c4)CC3)cc21. The maximum atomic E-state index is 15.5. The second-order valence-corrected chi connectivity index (χ2v) is 15.8. The van der Waals surface area contributed by atoms with E-state index < -0.39 is 51.8 Å². The van der Waals surface area contributed by atoms with Crippen LogP contribution in [0.3, 0.4) is 0 Å². The van der Waals surface area contributed by atoms with Crippen LogP contribution in [-0.2, 0) is 40.6 Å². The quantitative estimate of drug-likeness (QED) is 0.185. The first-order chi connectivity index (χ1) is 25.8. The molecule has 0 bridgehead atoms. The van der Waals surface area contributed by atoms with E-state index in [9.17, 15) is 37.5 Å². The number of aryl methyl sites for hydroxylation is 1. The predicted octanol–water partition coefficient (Wildman–Crippen LogP) is 1.82. The minimum Gasteiger partial charge on any atom is -0.506 e. The molecular formula is C37H41FN6O9S. The Labute approximate surface area is 311 Å². The highest BCUT2D eigenvalue weighted by atomic mass is 32.2. The van der Waals surface area contributed by atoms with Gasteiger partial charge in [0.15, 0.2) is 5.82 Å². The van der Waals surface area contributed by atoms with Gasteiger partial charge in [-0.3, -0.25) is 34.2 Å². The van der Waals surface area contributed by atoms with E-state index in [1.807, 2.05) is 0 Å². The van der Waals surface area contributed by atoms with Gasteiger partial charge in [-0.15, -0.1) is 0 Å². The molecule has 0 saturated carbocycles. The van der Waals surface area contributed by atoms with Crippen molar-refractivity contribution in [2.75, 3.05) is 55.6 Å². The average molecular weight is 765 g/mol. The van der Waals surface area contributed by atoms with Gasteiger partial charge in [0.1, 0.15) is 30.3 Å². The zero-order chi connectivity index (χ0) is 38.3. The number of anilines is 2. The molecule has 0 aromatic heterocycles. The fourth-order valence-corrected chi connectivity index (χ4v) is 9.11. The first-order valence-electron chi connectivity index (χ1n) is 17.9. The van der Waals surface area contributed by atoms with Crippen LogP contribution in [0.25, 0.3) is 10.8 Å². The van der Waals surface area contributed by atoms with Gasteiger partial charge in [0.2, 0.25) is 23.6 Å². The highest BCUT2D eigenvalue weighted by Crippen LogP contribution is 2.40. The van der Waals surface area contributed by atoms with Crippen molar-refractivity contribution < 1.29 is 46.6 Å². The second-order valence-electron chi connectivity index (χ2n) is 14.2. The summed E-state index contributed by atoms with van der Waals surface area (Å²) in [7, 11) is -2.60. The van der Waals surface area contributed by atoms with Gasteiger partial charge >= 0.3 is 10.2 Å². The molecule has 17 heteroatoms. The number of carbonyl (C=O) groups excluding carboxylic acids is 5. The lowest BCUT2D eigenvalue weighted by Crippen LogP contribution is -2.47. The molecule has 0 radical (unpaired) electrons. The molecule has 4 N–H and O–H groups in total.